The molecule has 7 nitrogen and oxygen atoms in total. The second-order valence-electron chi connectivity index (χ2n) is 6.29. The maximum Gasteiger partial charge on any atom is 0.291 e. The van der Waals surface area contributed by atoms with E-state index < -0.39 is 5.91 Å². The lowest BCUT2D eigenvalue weighted by atomic mass is 10.1. The molecule has 0 spiro atoms. The van der Waals surface area contributed by atoms with Crippen LogP contribution in [-0.4, -0.2) is 34.3 Å². The number of rotatable bonds is 5. The van der Waals surface area contributed by atoms with Crippen molar-refractivity contribution in [1.29, 1.82) is 0 Å². The van der Waals surface area contributed by atoms with Gasteiger partial charge in [0.25, 0.3) is 5.91 Å². The average Bonchev–Trinajstić information content (AvgIpc) is 2.67. The molecule has 0 aliphatic carbocycles. The van der Waals surface area contributed by atoms with Gasteiger partial charge in [-0.1, -0.05) is 29.3 Å². The maximum absolute atomic E-state index is 12.3. The Bertz CT molecular complexity index is 1030. The zero-order valence-corrected chi connectivity index (χ0v) is 15.8. The monoisotopic (exact) mass is 376 g/mol. The van der Waals surface area contributed by atoms with Gasteiger partial charge in [0.05, 0.1) is 31.4 Å². The first-order valence-electron chi connectivity index (χ1n) is 8.57. The van der Waals surface area contributed by atoms with Crippen molar-refractivity contribution in [2.75, 3.05) is 7.11 Å². The van der Waals surface area contributed by atoms with Crippen molar-refractivity contribution in [3.8, 4) is 22.8 Å². The molecule has 3 rings (SSSR count). The van der Waals surface area contributed by atoms with Gasteiger partial charge in [-0.2, -0.15) is 5.10 Å². The lowest BCUT2D eigenvalue weighted by Crippen LogP contribution is -2.19. The van der Waals surface area contributed by atoms with Crippen molar-refractivity contribution >= 4 is 12.1 Å². The molecule has 0 radical (unpaired) electrons. The number of methoxy groups -OCH3 is 1. The number of amides is 1. The van der Waals surface area contributed by atoms with E-state index in [0.29, 0.717) is 17.0 Å². The van der Waals surface area contributed by atoms with E-state index in [1.807, 2.05) is 26.0 Å². The lowest BCUT2D eigenvalue weighted by Gasteiger charge is -2.07. The van der Waals surface area contributed by atoms with E-state index >= 15 is 0 Å². The van der Waals surface area contributed by atoms with E-state index in [1.54, 1.807) is 18.3 Å². The number of carbonyl (C=O) groups excluding carboxylic acids is 1. The fourth-order valence-corrected chi connectivity index (χ4v) is 2.77. The Balaban J connectivity index is 1.76. The molecule has 1 heterocycles. The van der Waals surface area contributed by atoms with Crippen LogP contribution in [0.1, 0.15) is 27.2 Å². The Hall–Kier alpha value is -3.74. The third-order valence-corrected chi connectivity index (χ3v) is 3.97. The van der Waals surface area contributed by atoms with Crippen LogP contribution in [0.4, 0.5) is 0 Å². The zero-order valence-electron chi connectivity index (χ0n) is 15.8. The Kier molecular flexibility index (Phi) is 5.64. The number of carbonyl (C=O) groups is 1. The van der Waals surface area contributed by atoms with Gasteiger partial charge in [0.15, 0.2) is 0 Å². The van der Waals surface area contributed by atoms with Gasteiger partial charge >= 0.3 is 0 Å². The highest BCUT2D eigenvalue weighted by Gasteiger charge is 2.12. The molecular formula is C21H20N4O3. The predicted octanol–water partition coefficient (Wildman–Crippen LogP) is 3.24. The molecule has 28 heavy (non-hydrogen) atoms. The molecule has 2 aromatic carbocycles. The number of nitrogens with zero attached hydrogens (tertiary/aromatic N) is 3. The van der Waals surface area contributed by atoms with E-state index in [4.69, 9.17) is 4.74 Å². The average molecular weight is 376 g/mol. The van der Waals surface area contributed by atoms with E-state index in [9.17, 15) is 9.90 Å². The first kappa shape index (κ1) is 19.0. The fraction of sp³-hybridized carbons (Fsp3) is 0.143. The number of benzene rings is 2. The largest absolute Gasteiger partial charge is 0.507 e. The van der Waals surface area contributed by atoms with Crippen LogP contribution in [0.2, 0.25) is 0 Å². The van der Waals surface area contributed by atoms with Crippen LogP contribution in [0, 0.1) is 13.8 Å². The number of hydrazone groups is 1. The quantitative estimate of drug-likeness (QED) is 0.526. The minimum Gasteiger partial charge on any atom is -0.507 e. The SMILES string of the molecule is COc1ccc(-c2cncc(C(=O)N/N=C/c3cc(C)cc(C)c3)n2)c(O)c1. The molecule has 0 atom stereocenters. The van der Waals surface area contributed by atoms with Crippen LogP contribution in [-0.2, 0) is 0 Å². The van der Waals surface area contributed by atoms with Crippen LogP contribution in [0.5, 0.6) is 11.5 Å². The van der Waals surface area contributed by atoms with Gasteiger partial charge in [-0.3, -0.25) is 9.78 Å². The number of phenols is 1. The normalized spacial score (nSPS) is 10.8. The first-order valence-corrected chi connectivity index (χ1v) is 8.57. The molecule has 0 saturated heterocycles. The molecule has 0 aliphatic heterocycles. The molecular weight excluding hydrogens is 356 g/mol. The lowest BCUT2D eigenvalue weighted by molar-refractivity contribution is 0.0950. The number of phenolic OH excluding ortho intramolecular Hbond substituents is 1. The third kappa shape index (κ3) is 4.50. The molecule has 3 aromatic rings. The van der Waals surface area contributed by atoms with Gasteiger partial charge in [0.2, 0.25) is 0 Å². The summed E-state index contributed by atoms with van der Waals surface area (Å²) < 4.78 is 5.07. The molecule has 0 unspecified atom stereocenters. The van der Waals surface area contributed by atoms with Gasteiger partial charge in [-0.25, -0.2) is 10.4 Å². The van der Waals surface area contributed by atoms with Gasteiger partial charge in [0, 0.05) is 11.6 Å². The van der Waals surface area contributed by atoms with Crippen LogP contribution in [0.15, 0.2) is 53.9 Å². The van der Waals surface area contributed by atoms with E-state index in [-0.39, 0.29) is 11.4 Å². The Morgan fingerprint density at radius 2 is 1.89 bits per heavy atom. The van der Waals surface area contributed by atoms with Crippen LogP contribution >= 0.6 is 0 Å². The van der Waals surface area contributed by atoms with Crippen molar-refractivity contribution < 1.29 is 14.6 Å². The second kappa shape index (κ2) is 8.30. The standard InChI is InChI=1S/C21H20N4O3/c1-13-6-14(2)8-15(7-13)10-23-25-21(27)19-12-22-11-18(24-19)17-5-4-16(28-3)9-20(17)26/h4-12,26H,1-3H3,(H,25,27)/b23-10+. The first-order chi connectivity index (χ1) is 13.5. The van der Waals surface area contributed by atoms with E-state index in [1.165, 1.54) is 25.6 Å². The summed E-state index contributed by atoms with van der Waals surface area (Å²) >= 11 is 0. The highest BCUT2D eigenvalue weighted by molar-refractivity contribution is 5.93. The van der Waals surface area contributed by atoms with Crippen molar-refractivity contribution in [2.24, 2.45) is 5.10 Å². The molecule has 142 valence electrons. The molecule has 0 fully saturated rings. The summed E-state index contributed by atoms with van der Waals surface area (Å²) in [6, 6.07) is 10.8. The molecule has 7 heteroatoms. The van der Waals surface area contributed by atoms with Gasteiger partial charge in [-0.05, 0) is 31.5 Å². The highest BCUT2D eigenvalue weighted by Crippen LogP contribution is 2.30. The van der Waals surface area contributed by atoms with Crippen molar-refractivity contribution in [3.05, 3.63) is 71.2 Å². The number of hydrogen-bond donors (Lipinski definition) is 2. The number of ether oxygens (including phenoxy) is 1. The number of nitrogens with one attached hydrogen (secondary N) is 1. The summed E-state index contributed by atoms with van der Waals surface area (Å²) in [7, 11) is 1.51. The van der Waals surface area contributed by atoms with Gasteiger partial charge in [0.1, 0.15) is 17.2 Å². The van der Waals surface area contributed by atoms with Crippen molar-refractivity contribution in [2.45, 2.75) is 13.8 Å². The molecule has 1 amide bonds. The molecule has 0 saturated carbocycles. The number of aryl methyl sites for hydroxylation is 2. The van der Waals surface area contributed by atoms with Gasteiger partial charge < -0.3 is 9.84 Å². The summed E-state index contributed by atoms with van der Waals surface area (Å²) in [5.74, 6) is 0.00542. The van der Waals surface area contributed by atoms with E-state index in [0.717, 1.165) is 16.7 Å². The third-order valence-electron chi connectivity index (χ3n) is 3.97. The number of hydrogen-bond acceptors (Lipinski definition) is 6. The van der Waals surface area contributed by atoms with E-state index in [2.05, 4.69) is 26.6 Å². The summed E-state index contributed by atoms with van der Waals surface area (Å²) in [5, 5.41) is 14.1. The smallest absolute Gasteiger partial charge is 0.291 e. The van der Waals surface area contributed by atoms with Crippen LogP contribution in [0.25, 0.3) is 11.3 Å². The maximum atomic E-state index is 12.3. The molecule has 1 aromatic heterocycles. The van der Waals surface area contributed by atoms with Crippen LogP contribution < -0.4 is 10.2 Å². The number of aromatic hydroxyl groups is 1. The van der Waals surface area contributed by atoms with Crippen LogP contribution in [0.3, 0.4) is 0 Å². The highest BCUT2D eigenvalue weighted by atomic mass is 16.5. The Labute approximate surface area is 162 Å². The van der Waals surface area contributed by atoms with Crippen molar-refractivity contribution in [3.63, 3.8) is 0 Å². The minimum atomic E-state index is -0.497. The Morgan fingerprint density at radius 3 is 2.57 bits per heavy atom. The summed E-state index contributed by atoms with van der Waals surface area (Å²) in [6.07, 6.45) is 4.38. The number of aromatic nitrogens is 2. The Morgan fingerprint density at radius 1 is 1.14 bits per heavy atom. The zero-order chi connectivity index (χ0) is 20.1. The summed E-state index contributed by atoms with van der Waals surface area (Å²) in [6.45, 7) is 4.00. The van der Waals surface area contributed by atoms with Crippen molar-refractivity contribution in [1.82, 2.24) is 15.4 Å². The summed E-state index contributed by atoms with van der Waals surface area (Å²) in [5.41, 5.74) is 6.47. The summed E-state index contributed by atoms with van der Waals surface area (Å²) in [4.78, 5) is 20.6. The fourth-order valence-electron chi connectivity index (χ4n) is 2.77. The molecule has 0 aliphatic rings. The molecule has 2 N–H and O–H groups in total. The molecule has 0 bridgehead atoms. The topological polar surface area (TPSA) is 96.7 Å². The van der Waals surface area contributed by atoms with Gasteiger partial charge in [-0.15, -0.1) is 0 Å². The predicted molar refractivity (Wildman–Crippen MR) is 107 cm³/mol. The minimum absolute atomic E-state index is 0.0148. The second-order valence-corrected chi connectivity index (χ2v) is 6.29.